The van der Waals surface area contributed by atoms with Crippen LogP contribution in [0.4, 0.5) is 10.2 Å². The van der Waals surface area contributed by atoms with Crippen molar-refractivity contribution in [2.75, 3.05) is 18.5 Å². The van der Waals surface area contributed by atoms with Gasteiger partial charge in [-0.1, -0.05) is 6.07 Å². The third-order valence-electron chi connectivity index (χ3n) is 4.86. The van der Waals surface area contributed by atoms with Crippen LogP contribution < -0.4 is 10.1 Å². The molecule has 0 aliphatic rings. The first-order valence-electron chi connectivity index (χ1n) is 9.87. The zero-order chi connectivity index (χ0) is 21.1. The van der Waals surface area contributed by atoms with E-state index in [1.54, 1.807) is 23.0 Å². The average molecular weight is 406 g/mol. The standard InChI is InChI=1S/C22H23FN6O/c1-4-30-17-8-9-19(18(23)13-17)29-15(3)20-14(2)26-27-22(21(20)28-29)25-12-10-16-7-5-6-11-24-16/h5-9,11,13H,4,10,12H2,1-3H3,(H,25,27). The fourth-order valence-corrected chi connectivity index (χ4v) is 3.45. The summed E-state index contributed by atoms with van der Waals surface area (Å²) in [5.41, 5.74) is 3.54. The van der Waals surface area contributed by atoms with Crippen molar-refractivity contribution in [2.45, 2.75) is 27.2 Å². The Morgan fingerprint density at radius 3 is 2.73 bits per heavy atom. The molecule has 0 aliphatic carbocycles. The highest BCUT2D eigenvalue weighted by molar-refractivity contribution is 5.92. The molecule has 0 spiro atoms. The molecule has 4 aromatic rings. The maximum absolute atomic E-state index is 14.8. The Balaban J connectivity index is 1.67. The SMILES string of the molecule is CCOc1ccc(-n2nc3c(NCCc4ccccn4)nnc(C)c3c2C)c(F)c1. The van der Waals surface area contributed by atoms with E-state index in [9.17, 15) is 4.39 Å². The third-order valence-corrected chi connectivity index (χ3v) is 4.86. The number of hydrogen-bond donors (Lipinski definition) is 1. The summed E-state index contributed by atoms with van der Waals surface area (Å²) < 4.78 is 21.7. The molecule has 8 heteroatoms. The summed E-state index contributed by atoms with van der Waals surface area (Å²) in [6.07, 6.45) is 2.51. The van der Waals surface area contributed by atoms with Crippen LogP contribution in [0.2, 0.25) is 0 Å². The minimum absolute atomic E-state index is 0.353. The number of benzene rings is 1. The summed E-state index contributed by atoms with van der Waals surface area (Å²) in [7, 11) is 0. The lowest BCUT2D eigenvalue weighted by molar-refractivity contribution is 0.338. The summed E-state index contributed by atoms with van der Waals surface area (Å²) in [6.45, 7) is 6.75. The van der Waals surface area contributed by atoms with Crippen LogP contribution in [-0.4, -0.2) is 38.1 Å². The number of pyridine rings is 1. The molecule has 4 rings (SSSR count). The highest BCUT2D eigenvalue weighted by Gasteiger charge is 2.18. The van der Waals surface area contributed by atoms with E-state index in [-0.39, 0.29) is 0 Å². The fourth-order valence-electron chi connectivity index (χ4n) is 3.45. The van der Waals surface area contributed by atoms with Crippen molar-refractivity contribution < 1.29 is 9.13 Å². The van der Waals surface area contributed by atoms with Crippen molar-refractivity contribution in [3.8, 4) is 11.4 Å². The molecule has 0 amide bonds. The molecular weight excluding hydrogens is 383 g/mol. The topological polar surface area (TPSA) is 77.8 Å². The molecular formula is C22H23FN6O. The molecule has 3 heterocycles. The zero-order valence-corrected chi connectivity index (χ0v) is 17.2. The molecule has 1 aromatic carbocycles. The number of nitrogens with one attached hydrogen (secondary N) is 1. The van der Waals surface area contributed by atoms with Crippen molar-refractivity contribution in [3.63, 3.8) is 0 Å². The molecule has 0 radical (unpaired) electrons. The minimum atomic E-state index is -0.403. The van der Waals surface area contributed by atoms with E-state index < -0.39 is 5.82 Å². The number of rotatable bonds is 7. The second-order valence-electron chi connectivity index (χ2n) is 6.90. The van der Waals surface area contributed by atoms with E-state index in [4.69, 9.17) is 4.74 Å². The van der Waals surface area contributed by atoms with Crippen LogP contribution in [0, 0.1) is 19.7 Å². The predicted octanol–water partition coefficient (Wildman–Crippen LogP) is 4.02. The molecule has 0 aliphatic heterocycles. The molecule has 3 aromatic heterocycles. The molecule has 0 bridgehead atoms. The van der Waals surface area contributed by atoms with Gasteiger partial charge in [0.05, 0.1) is 23.4 Å². The maximum Gasteiger partial charge on any atom is 0.177 e. The number of aryl methyl sites for hydroxylation is 2. The molecule has 0 saturated carbocycles. The van der Waals surface area contributed by atoms with E-state index in [2.05, 4.69) is 25.6 Å². The summed E-state index contributed by atoms with van der Waals surface area (Å²) in [4.78, 5) is 4.33. The number of fused-ring (bicyclic) bond motifs is 1. The molecule has 0 fully saturated rings. The van der Waals surface area contributed by atoms with Crippen LogP contribution in [0.25, 0.3) is 16.6 Å². The number of aromatic nitrogens is 5. The first-order chi connectivity index (χ1) is 14.6. The van der Waals surface area contributed by atoms with Crippen LogP contribution in [0.15, 0.2) is 42.6 Å². The predicted molar refractivity (Wildman–Crippen MR) is 114 cm³/mol. The van der Waals surface area contributed by atoms with E-state index in [0.29, 0.717) is 35.9 Å². The van der Waals surface area contributed by atoms with Gasteiger partial charge in [-0.2, -0.15) is 10.2 Å². The van der Waals surface area contributed by atoms with Gasteiger partial charge < -0.3 is 10.1 Å². The number of anilines is 1. The van der Waals surface area contributed by atoms with Crippen LogP contribution >= 0.6 is 0 Å². The van der Waals surface area contributed by atoms with E-state index in [1.165, 1.54) is 6.07 Å². The van der Waals surface area contributed by atoms with Gasteiger partial charge in [0.15, 0.2) is 11.6 Å². The molecule has 0 unspecified atom stereocenters. The van der Waals surface area contributed by atoms with Crippen LogP contribution in [0.3, 0.4) is 0 Å². The monoisotopic (exact) mass is 406 g/mol. The van der Waals surface area contributed by atoms with Gasteiger partial charge in [-0.05, 0) is 45.0 Å². The van der Waals surface area contributed by atoms with Gasteiger partial charge >= 0.3 is 0 Å². The minimum Gasteiger partial charge on any atom is -0.494 e. The fraction of sp³-hybridized carbons (Fsp3) is 0.273. The highest BCUT2D eigenvalue weighted by atomic mass is 19.1. The summed E-state index contributed by atoms with van der Waals surface area (Å²) in [6, 6.07) is 10.6. The normalized spacial score (nSPS) is 11.1. The quantitative estimate of drug-likeness (QED) is 0.499. The second-order valence-corrected chi connectivity index (χ2v) is 6.90. The molecule has 154 valence electrons. The first kappa shape index (κ1) is 19.8. The summed E-state index contributed by atoms with van der Waals surface area (Å²) >= 11 is 0. The number of nitrogens with zero attached hydrogens (tertiary/aromatic N) is 5. The van der Waals surface area contributed by atoms with Crippen molar-refractivity contribution in [1.29, 1.82) is 0 Å². The molecule has 0 atom stereocenters. The highest BCUT2D eigenvalue weighted by Crippen LogP contribution is 2.29. The Morgan fingerprint density at radius 2 is 2.00 bits per heavy atom. The lowest BCUT2D eigenvalue weighted by atomic mass is 10.2. The Labute approximate surface area is 173 Å². The van der Waals surface area contributed by atoms with Crippen LogP contribution in [0.1, 0.15) is 24.0 Å². The van der Waals surface area contributed by atoms with Crippen molar-refractivity contribution in [2.24, 2.45) is 0 Å². The molecule has 1 N–H and O–H groups in total. The van der Waals surface area contributed by atoms with Crippen molar-refractivity contribution >= 4 is 16.7 Å². The van der Waals surface area contributed by atoms with Crippen LogP contribution in [0.5, 0.6) is 5.75 Å². The van der Waals surface area contributed by atoms with Gasteiger partial charge in [0.2, 0.25) is 0 Å². The second kappa shape index (κ2) is 8.44. The number of halogens is 1. The van der Waals surface area contributed by atoms with E-state index >= 15 is 0 Å². The maximum atomic E-state index is 14.8. The van der Waals surface area contributed by atoms with Gasteiger partial charge in [-0.15, -0.1) is 5.10 Å². The summed E-state index contributed by atoms with van der Waals surface area (Å²) in [5, 5.41) is 17.4. The average Bonchev–Trinajstić information content (AvgIpc) is 3.09. The Morgan fingerprint density at radius 1 is 1.13 bits per heavy atom. The Hall–Kier alpha value is -3.55. The van der Waals surface area contributed by atoms with Gasteiger partial charge in [0.1, 0.15) is 17.0 Å². The number of hydrogen-bond acceptors (Lipinski definition) is 6. The van der Waals surface area contributed by atoms with Crippen LogP contribution in [-0.2, 0) is 6.42 Å². The summed E-state index contributed by atoms with van der Waals surface area (Å²) in [5.74, 6) is 0.657. The molecule has 7 nitrogen and oxygen atoms in total. The first-order valence-corrected chi connectivity index (χ1v) is 9.87. The Kier molecular flexibility index (Phi) is 5.56. The van der Waals surface area contributed by atoms with Crippen molar-refractivity contribution in [1.82, 2.24) is 25.0 Å². The lowest BCUT2D eigenvalue weighted by Gasteiger charge is -2.08. The lowest BCUT2D eigenvalue weighted by Crippen LogP contribution is -2.09. The van der Waals surface area contributed by atoms with Gasteiger partial charge in [-0.25, -0.2) is 9.07 Å². The largest absolute Gasteiger partial charge is 0.494 e. The Bertz CT molecular complexity index is 1180. The van der Waals surface area contributed by atoms with Gasteiger partial charge in [0.25, 0.3) is 0 Å². The van der Waals surface area contributed by atoms with E-state index in [1.807, 2.05) is 39.0 Å². The van der Waals surface area contributed by atoms with Gasteiger partial charge in [0, 0.05) is 30.9 Å². The molecule has 30 heavy (non-hydrogen) atoms. The third kappa shape index (κ3) is 3.80. The van der Waals surface area contributed by atoms with Gasteiger partial charge in [-0.3, -0.25) is 4.98 Å². The number of ether oxygens (including phenoxy) is 1. The smallest absolute Gasteiger partial charge is 0.177 e. The molecule has 0 saturated heterocycles. The van der Waals surface area contributed by atoms with Crippen molar-refractivity contribution in [3.05, 3.63) is 65.5 Å². The van der Waals surface area contributed by atoms with E-state index in [0.717, 1.165) is 28.9 Å². The zero-order valence-electron chi connectivity index (χ0n) is 17.2.